The van der Waals surface area contributed by atoms with Crippen LogP contribution in [-0.2, 0) is 4.74 Å². The Kier molecular flexibility index (Phi) is 6.32. The molecule has 0 fully saturated rings. The van der Waals surface area contributed by atoms with E-state index >= 15 is 0 Å². The van der Waals surface area contributed by atoms with Gasteiger partial charge in [-0.1, -0.05) is 11.6 Å². The third kappa shape index (κ3) is 4.35. The topological polar surface area (TPSA) is 74.7 Å². The van der Waals surface area contributed by atoms with Crippen molar-refractivity contribution < 1.29 is 23.8 Å². The first-order valence-corrected chi connectivity index (χ1v) is 10.8. The number of aryl methyl sites for hydroxylation is 2. The Hall–Kier alpha value is -4.19. The second kappa shape index (κ2) is 9.35. The number of nitrogens with zero attached hydrogens (tertiary/aromatic N) is 1. The average Bonchev–Trinajstić information content (AvgIpc) is 2.83. The van der Waals surface area contributed by atoms with Crippen molar-refractivity contribution in [2.75, 3.05) is 14.2 Å². The third-order valence-corrected chi connectivity index (χ3v) is 5.72. The zero-order valence-corrected chi connectivity index (χ0v) is 19.8. The van der Waals surface area contributed by atoms with Gasteiger partial charge < -0.3 is 14.2 Å². The van der Waals surface area contributed by atoms with Crippen molar-refractivity contribution in [2.45, 2.75) is 20.8 Å². The smallest absolute Gasteiger partial charge is 0.344 e. The molecule has 0 unspecified atom stereocenters. The number of fused-ring (bicyclic) bond motifs is 1. The molecule has 0 aliphatic rings. The largest absolute Gasteiger partial charge is 0.497 e. The zero-order valence-electron chi connectivity index (χ0n) is 19.8. The molecule has 0 atom stereocenters. The van der Waals surface area contributed by atoms with Gasteiger partial charge in [0.05, 0.1) is 36.6 Å². The number of ether oxygens (including phenoxy) is 3. The van der Waals surface area contributed by atoms with E-state index in [4.69, 9.17) is 19.2 Å². The maximum absolute atomic E-state index is 13.5. The minimum absolute atomic E-state index is 0.331. The maximum Gasteiger partial charge on any atom is 0.344 e. The van der Waals surface area contributed by atoms with E-state index in [1.165, 1.54) is 7.11 Å². The van der Waals surface area contributed by atoms with E-state index in [1.807, 2.05) is 57.2 Å². The summed E-state index contributed by atoms with van der Waals surface area (Å²) in [5.74, 6) is 0.126. The lowest BCUT2D eigenvalue weighted by Gasteiger charge is -2.16. The summed E-state index contributed by atoms with van der Waals surface area (Å²) < 4.78 is 15.7. The Labute approximate surface area is 198 Å². The molecule has 3 aromatic carbocycles. The molecule has 0 amide bonds. The molecular formula is C28H25NO5. The molecule has 1 heterocycles. The van der Waals surface area contributed by atoms with Gasteiger partial charge in [0.2, 0.25) is 0 Å². The summed E-state index contributed by atoms with van der Waals surface area (Å²) in [5.41, 5.74) is 5.88. The first-order valence-electron chi connectivity index (χ1n) is 10.8. The number of carbonyl (C=O) groups excluding carboxylic acids is 2. The highest BCUT2D eigenvalue weighted by Gasteiger charge is 2.22. The van der Waals surface area contributed by atoms with E-state index in [0.717, 1.165) is 38.9 Å². The van der Waals surface area contributed by atoms with E-state index in [9.17, 15) is 9.59 Å². The van der Waals surface area contributed by atoms with Crippen molar-refractivity contribution in [1.82, 2.24) is 4.98 Å². The number of benzene rings is 3. The molecule has 6 heteroatoms. The highest BCUT2D eigenvalue weighted by atomic mass is 16.5. The molecule has 0 radical (unpaired) electrons. The molecule has 0 aliphatic heterocycles. The van der Waals surface area contributed by atoms with Crippen LogP contribution in [0.5, 0.6) is 11.5 Å². The molecule has 34 heavy (non-hydrogen) atoms. The van der Waals surface area contributed by atoms with E-state index in [2.05, 4.69) is 0 Å². The molecule has 0 N–H and O–H groups in total. The molecule has 0 saturated heterocycles. The van der Waals surface area contributed by atoms with Crippen LogP contribution < -0.4 is 9.47 Å². The second-order valence-electron chi connectivity index (χ2n) is 8.07. The first kappa shape index (κ1) is 23.0. The van der Waals surface area contributed by atoms with Crippen LogP contribution in [0.3, 0.4) is 0 Å². The van der Waals surface area contributed by atoms with Gasteiger partial charge in [-0.05, 0) is 86.5 Å². The number of esters is 2. The van der Waals surface area contributed by atoms with Gasteiger partial charge in [0.15, 0.2) is 0 Å². The Morgan fingerprint density at radius 2 is 1.44 bits per heavy atom. The summed E-state index contributed by atoms with van der Waals surface area (Å²) in [4.78, 5) is 30.1. The number of rotatable bonds is 5. The zero-order chi connectivity index (χ0) is 24.4. The highest BCUT2D eigenvalue weighted by Crippen LogP contribution is 2.33. The van der Waals surface area contributed by atoms with Crippen molar-refractivity contribution in [3.8, 4) is 22.8 Å². The molecule has 6 nitrogen and oxygen atoms in total. The lowest BCUT2D eigenvalue weighted by molar-refractivity contribution is 0.0600. The summed E-state index contributed by atoms with van der Waals surface area (Å²) in [6, 6.07) is 17.8. The Morgan fingerprint density at radius 1 is 0.794 bits per heavy atom. The fourth-order valence-electron chi connectivity index (χ4n) is 4.04. The van der Waals surface area contributed by atoms with Crippen LogP contribution in [0, 0.1) is 20.8 Å². The normalized spacial score (nSPS) is 10.7. The minimum Gasteiger partial charge on any atom is -0.497 e. The lowest BCUT2D eigenvalue weighted by Crippen LogP contribution is -2.13. The monoisotopic (exact) mass is 455 g/mol. The van der Waals surface area contributed by atoms with Crippen molar-refractivity contribution in [2.24, 2.45) is 0 Å². The summed E-state index contributed by atoms with van der Waals surface area (Å²) in [5, 5.41) is 0.739. The number of hydrogen-bond donors (Lipinski definition) is 0. The summed E-state index contributed by atoms with van der Waals surface area (Å²) in [6.07, 6.45) is 0. The fourth-order valence-corrected chi connectivity index (χ4v) is 4.04. The standard InChI is InChI=1S/C28H25NO5/c1-16-14-17(2)25-23(15-16)24(18(3)26(29-25)19-6-10-21(32-4)11-7-19)28(31)34-22-12-8-20(9-13-22)27(30)33-5/h6-15H,1-5H3. The summed E-state index contributed by atoms with van der Waals surface area (Å²) >= 11 is 0. The fraction of sp³-hybridized carbons (Fsp3) is 0.179. The van der Waals surface area contributed by atoms with E-state index in [-0.39, 0.29) is 0 Å². The van der Waals surface area contributed by atoms with Crippen LogP contribution in [0.2, 0.25) is 0 Å². The molecule has 4 aromatic rings. The molecular weight excluding hydrogens is 430 g/mol. The van der Waals surface area contributed by atoms with Crippen molar-refractivity contribution in [3.63, 3.8) is 0 Å². The van der Waals surface area contributed by atoms with Gasteiger partial charge in [-0.3, -0.25) is 0 Å². The van der Waals surface area contributed by atoms with E-state index in [1.54, 1.807) is 31.4 Å². The van der Waals surface area contributed by atoms with Gasteiger partial charge in [-0.15, -0.1) is 0 Å². The quantitative estimate of drug-likeness (QED) is 0.278. The molecule has 4 rings (SSSR count). The Balaban J connectivity index is 1.83. The molecule has 1 aromatic heterocycles. The van der Waals surface area contributed by atoms with Crippen LogP contribution in [0.15, 0.2) is 60.7 Å². The molecule has 0 saturated carbocycles. The molecule has 0 aliphatic carbocycles. The summed E-state index contributed by atoms with van der Waals surface area (Å²) in [7, 11) is 2.93. The van der Waals surface area contributed by atoms with Crippen molar-refractivity contribution in [1.29, 1.82) is 0 Å². The van der Waals surface area contributed by atoms with Gasteiger partial charge >= 0.3 is 11.9 Å². The molecule has 0 spiro atoms. The van der Waals surface area contributed by atoms with Crippen LogP contribution in [0.1, 0.15) is 37.4 Å². The molecule has 172 valence electrons. The van der Waals surface area contributed by atoms with Crippen LogP contribution in [-0.4, -0.2) is 31.1 Å². The Bertz CT molecular complexity index is 1390. The van der Waals surface area contributed by atoms with Gasteiger partial charge in [-0.25, -0.2) is 14.6 Å². The average molecular weight is 456 g/mol. The van der Waals surface area contributed by atoms with Crippen LogP contribution in [0.25, 0.3) is 22.2 Å². The Morgan fingerprint density at radius 3 is 2.06 bits per heavy atom. The third-order valence-electron chi connectivity index (χ3n) is 5.72. The number of pyridine rings is 1. The van der Waals surface area contributed by atoms with Crippen LogP contribution in [0.4, 0.5) is 0 Å². The van der Waals surface area contributed by atoms with Gasteiger partial charge in [0.1, 0.15) is 11.5 Å². The second-order valence-corrected chi connectivity index (χ2v) is 8.07. The number of methoxy groups -OCH3 is 2. The minimum atomic E-state index is -0.490. The van der Waals surface area contributed by atoms with Crippen molar-refractivity contribution in [3.05, 3.63) is 88.5 Å². The molecule has 0 bridgehead atoms. The number of carbonyl (C=O) groups is 2. The van der Waals surface area contributed by atoms with Crippen molar-refractivity contribution >= 4 is 22.8 Å². The predicted octanol–water partition coefficient (Wildman–Crippen LogP) is 5.84. The summed E-state index contributed by atoms with van der Waals surface area (Å²) in [6.45, 7) is 5.84. The van der Waals surface area contributed by atoms with E-state index in [0.29, 0.717) is 22.6 Å². The lowest BCUT2D eigenvalue weighted by atomic mass is 9.95. The van der Waals surface area contributed by atoms with Gasteiger partial charge in [-0.2, -0.15) is 0 Å². The predicted molar refractivity (Wildman–Crippen MR) is 131 cm³/mol. The SMILES string of the molecule is COC(=O)c1ccc(OC(=O)c2c(C)c(-c3ccc(OC)cc3)nc3c(C)cc(C)cc23)cc1. The van der Waals surface area contributed by atoms with Gasteiger partial charge in [0.25, 0.3) is 0 Å². The highest BCUT2D eigenvalue weighted by molar-refractivity contribution is 6.08. The van der Waals surface area contributed by atoms with Gasteiger partial charge in [0, 0.05) is 10.9 Å². The maximum atomic E-state index is 13.5. The van der Waals surface area contributed by atoms with E-state index < -0.39 is 11.9 Å². The number of aromatic nitrogens is 1. The first-order chi connectivity index (χ1) is 16.3. The number of hydrogen-bond acceptors (Lipinski definition) is 6. The van der Waals surface area contributed by atoms with Crippen LogP contribution >= 0.6 is 0 Å².